The standard InChI is InChI=1S/C47H29N3S/c1-2-11-31(12-3-1)38-16-8-14-35-29-37(26-27-39(35)38)47-49-45(48-46(50-47)36-25-20-30-10-4-5-13-34(30)28-36)33-23-21-32(22-24-33)40-17-9-18-42-41-15-6-7-19-43(41)51-44(40)42/h1-29H. The van der Waals surface area contributed by atoms with Crippen LogP contribution in [0.15, 0.2) is 176 Å². The lowest BCUT2D eigenvalue weighted by Gasteiger charge is -2.11. The maximum atomic E-state index is 5.11. The van der Waals surface area contributed by atoms with Gasteiger partial charge in [0.1, 0.15) is 0 Å². The zero-order valence-corrected chi connectivity index (χ0v) is 28.3. The van der Waals surface area contributed by atoms with Crippen LogP contribution in [-0.4, -0.2) is 15.0 Å². The van der Waals surface area contributed by atoms with Crippen LogP contribution in [0.25, 0.3) is 98.1 Å². The topological polar surface area (TPSA) is 38.7 Å². The van der Waals surface area contributed by atoms with Gasteiger partial charge in [0.25, 0.3) is 0 Å². The third-order valence-electron chi connectivity index (χ3n) is 9.72. The average molecular weight is 668 g/mol. The summed E-state index contributed by atoms with van der Waals surface area (Å²) in [5.41, 5.74) is 7.66. The summed E-state index contributed by atoms with van der Waals surface area (Å²) in [5.74, 6) is 1.94. The SMILES string of the molecule is c1ccc(-c2cccc3cc(-c4nc(-c5ccc(-c6cccc7c6sc6ccccc67)cc5)nc(-c5ccc6ccccc6c5)n4)ccc23)cc1. The van der Waals surface area contributed by atoms with Gasteiger partial charge in [-0.2, -0.15) is 0 Å². The molecule has 0 aliphatic rings. The number of rotatable bonds is 5. The molecule has 51 heavy (non-hydrogen) atoms. The lowest BCUT2D eigenvalue weighted by Crippen LogP contribution is -2.00. The number of hydrogen-bond donors (Lipinski definition) is 0. The monoisotopic (exact) mass is 667 g/mol. The molecule has 2 heterocycles. The number of aromatic nitrogens is 3. The summed E-state index contributed by atoms with van der Waals surface area (Å²) in [5, 5.41) is 7.27. The second-order valence-electron chi connectivity index (χ2n) is 12.8. The van der Waals surface area contributed by atoms with Crippen molar-refractivity contribution in [2.45, 2.75) is 0 Å². The number of thiophene rings is 1. The molecule has 0 unspecified atom stereocenters. The predicted molar refractivity (Wildman–Crippen MR) is 215 cm³/mol. The second kappa shape index (κ2) is 12.1. The first-order chi connectivity index (χ1) is 25.2. The molecule has 0 atom stereocenters. The van der Waals surface area contributed by atoms with Crippen LogP contribution in [0.2, 0.25) is 0 Å². The molecule has 0 amide bonds. The largest absolute Gasteiger partial charge is 0.208 e. The van der Waals surface area contributed by atoms with Crippen LogP contribution < -0.4 is 0 Å². The Balaban J connectivity index is 1.10. The van der Waals surface area contributed by atoms with Gasteiger partial charge in [-0.1, -0.05) is 158 Å². The Labute approximate surface area is 299 Å². The van der Waals surface area contributed by atoms with Crippen molar-refractivity contribution in [1.29, 1.82) is 0 Å². The lowest BCUT2D eigenvalue weighted by molar-refractivity contribution is 1.08. The molecule has 0 saturated heterocycles. The minimum absolute atomic E-state index is 0.646. The molecule has 2 aromatic heterocycles. The molecule has 4 heteroatoms. The zero-order valence-electron chi connectivity index (χ0n) is 27.5. The van der Waals surface area contributed by atoms with Gasteiger partial charge in [-0.05, 0) is 62.0 Å². The van der Waals surface area contributed by atoms with Crippen LogP contribution in [0, 0.1) is 0 Å². The highest BCUT2D eigenvalue weighted by Crippen LogP contribution is 2.40. The fourth-order valence-corrected chi connectivity index (χ4v) is 8.40. The molecule has 0 aliphatic carbocycles. The fourth-order valence-electron chi connectivity index (χ4n) is 7.16. The minimum atomic E-state index is 0.646. The number of nitrogens with zero attached hydrogens (tertiary/aromatic N) is 3. The Hall–Kier alpha value is -6.49. The Kier molecular flexibility index (Phi) is 7.00. The smallest absolute Gasteiger partial charge is 0.164 e. The van der Waals surface area contributed by atoms with Crippen molar-refractivity contribution in [3.63, 3.8) is 0 Å². The van der Waals surface area contributed by atoms with Crippen molar-refractivity contribution in [1.82, 2.24) is 15.0 Å². The molecule has 10 aromatic rings. The van der Waals surface area contributed by atoms with Gasteiger partial charge in [0.2, 0.25) is 0 Å². The van der Waals surface area contributed by atoms with Crippen molar-refractivity contribution < 1.29 is 0 Å². The Morgan fingerprint density at radius 3 is 1.69 bits per heavy atom. The van der Waals surface area contributed by atoms with E-state index in [4.69, 9.17) is 15.0 Å². The van der Waals surface area contributed by atoms with Gasteiger partial charge in [0, 0.05) is 36.9 Å². The van der Waals surface area contributed by atoms with Crippen molar-refractivity contribution in [2.75, 3.05) is 0 Å². The summed E-state index contributed by atoms with van der Waals surface area (Å²) >= 11 is 1.85. The van der Waals surface area contributed by atoms with Gasteiger partial charge < -0.3 is 0 Å². The molecule has 238 valence electrons. The third-order valence-corrected chi connectivity index (χ3v) is 10.9. The Morgan fingerprint density at radius 1 is 0.314 bits per heavy atom. The van der Waals surface area contributed by atoms with Crippen LogP contribution in [0.3, 0.4) is 0 Å². The van der Waals surface area contributed by atoms with Gasteiger partial charge in [-0.15, -0.1) is 11.3 Å². The van der Waals surface area contributed by atoms with E-state index in [0.29, 0.717) is 17.5 Å². The highest BCUT2D eigenvalue weighted by molar-refractivity contribution is 7.26. The summed E-state index contributed by atoms with van der Waals surface area (Å²) in [7, 11) is 0. The maximum absolute atomic E-state index is 5.11. The summed E-state index contributed by atoms with van der Waals surface area (Å²) in [6, 6.07) is 62.2. The summed E-state index contributed by atoms with van der Waals surface area (Å²) in [4.78, 5) is 15.3. The van der Waals surface area contributed by atoms with Crippen LogP contribution in [-0.2, 0) is 0 Å². The molecular formula is C47H29N3S. The number of fused-ring (bicyclic) bond motifs is 5. The van der Waals surface area contributed by atoms with E-state index in [0.717, 1.165) is 27.5 Å². The highest BCUT2D eigenvalue weighted by atomic mass is 32.1. The summed E-state index contributed by atoms with van der Waals surface area (Å²) in [6.45, 7) is 0. The summed E-state index contributed by atoms with van der Waals surface area (Å²) < 4.78 is 2.61. The van der Waals surface area contributed by atoms with Crippen molar-refractivity contribution in [3.8, 4) is 56.4 Å². The van der Waals surface area contributed by atoms with Gasteiger partial charge in [-0.3, -0.25) is 0 Å². The van der Waals surface area contributed by atoms with Crippen LogP contribution in [0.4, 0.5) is 0 Å². The normalized spacial score (nSPS) is 11.5. The minimum Gasteiger partial charge on any atom is -0.208 e. The molecule has 0 fully saturated rings. The van der Waals surface area contributed by atoms with E-state index in [9.17, 15) is 0 Å². The first-order valence-corrected chi connectivity index (χ1v) is 17.9. The van der Waals surface area contributed by atoms with Crippen LogP contribution >= 0.6 is 11.3 Å². The quantitative estimate of drug-likeness (QED) is 0.183. The van der Waals surface area contributed by atoms with Gasteiger partial charge in [0.15, 0.2) is 17.5 Å². The molecule has 0 radical (unpaired) electrons. The lowest BCUT2D eigenvalue weighted by atomic mass is 9.97. The van der Waals surface area contributed by atoms with Crippen molar-refractivity contribution in [3.05, 3.63) is 176 Å². The molecule has 0 aliphatic heterocycles. The van der Waals surface area contributed by atoms with E-state index >= 15 is 0 Å². The highest BCUT2D eigenvalue weighted by Gasteiger charge is 2.15. The van der Waals surface area contributed by atoms with Gasteiger partial charge in [0.05, 0.1) is 0 Å². The van der Waals surface area contributed by atoms with Gasteiger partial charge in [-0.25, -0.2) is 15.0 Å². The van der Waals surface area contributed by atoms with E-state index in [-0.39, 0.29) is 0 Å². The van der Waals surface area contributed by atoms with E-state index in [1.807, 2.05) is 11.3 Å². The molecular weight excluding hydrogens is 639 g/mol. The first kappa shape index (κ1) is 29.4. The van der Waals surface area contributed by atoms with Crippen molar-refractivity contribution >= 4 is 53.1 Å². The van der Waals surface area contributed by atoms with Crippen molar-refractivity contribution in [2.24, 2.45) is 0 Å². The molecule has 0 saturated carbocycles. The molecule has 0 bridgehead atoms. The van der Waals surface area contributed by atoms with Crippen LogP contribution in [0.5, 0.6) is 0 Å². The zero-order chi connectivity index (χ0) is 33.7. The molecule has 0 spiro atoms. The molecule has 8 aromatic carbocycles. The Bertz CT molecular complexity index is 2910. The number of benzene rings is 8. The van der Waals surface area contributed by atoms with E-state index in [2.05, 4.69) is 176 Å². The molecule has 10 rings (SSSR count). The van der Waals surface area contributed by atoms with Gasteiger partial charge >= 0.3 is 0 Å². The number of hydrogen-bond acceptors (Lipinski definition) is 4. The first-order valence-electron chi connectivity index (χ1n) is 17.1. The summed E-state index contributed by atoms with van der Waals surface area (Å²) in [6.07, 6.45) is 0. The molecule has 0 N–H and O–H groups in total. The fraction of sp³-hybridized carbons (Fsp3) is 0. The van der Waals surface area contributed by atoms with E-state index < -0.39 is 0 Å². The maximum Gasteiger partial charge on any atom is 0.164 e. The predicted octanol–water partition coefficient (Wildman–Crippen LogP) is 12.9. The molecule has 3 nitrogen and oxygen atoms in total. The van der Waals surface area contributed by atoms with E-state index in [1.165, 1.54) is 53.2 Å². The van der Waals surface area contributed by atoms with E-state index in [1.54, 1.807) is 0 Å². The third kappa shape index (κ3) is 5.25. The van der Waals surface area contributed by atoms with Crippen LogP contribution in [0.1, 0.15) is 0 Å². The Morgan fingerprint density at radius 2 is 0.863 bits per heavy atom. The average Bonchev–Trinajstić information content (AvgIpc) is 3.59. The second-order valence-corrected chi connectivity index (χ2v) is 13.9.